The normalized spacial score (nSPS) is 11.5. The highest BCUT2D eigenvalue weighted by atomic mass is 35.5. The Morgan fingerprint density at radius 2 is 2.14 bits per heavy atom. The molecule has 0 amide bonds. The number of rotatable bonds is 2. The molecule has 1 rings (SSSR count). The average Bonchev–Trinajstić information content (AvgIpc) is 2.08. The molecule has 0 aliphatic rings. The number of allylic oxidation sites excluding steroid dienone is 1. The van der Waals surface area contributed by atoms with Gasteiger partial charge in [-0.1, -0.05) is 23.7 Å². The lowest BCUT2D eigenvalue weighted by Crippen LogP contribution is -1.90. The molecule has 0 aliphatic heterocycles. The number of carboxylic acids is 1. The maximum atomic E-state index is 10.4. The molecule has 1 aromatic carbocycles. The Morgan fingerprint density at radius 1 is 1.50 bits per heavy atom. The SMILES string of the molecule is C/C(=C\C(=O)O)c1ccc(Cl)c(C)c1. The molecule has 14 heavy (non-hydrogen) atoms. The first-order chi connectivity index (χ1) is 6.50. The fraction of sp³-hybridized carbons (Fsp3) is 0.182. The van der Waals surface area contributed by atoms with Crippen LogP contribution in [0.4, 0.5) is 0 Å². The fourth-order valence-electron chi connectivity index (χ4n) is 1.16. The molecule has 0 spiro atoms. The lowest BCUT2D eigenvalue weighted by molar-refractivity contribution is -0.131. The summed E-state index contributed by atoms with van der Waals surface area (Å²) in [5, 5.41) is 9.26. The molecule has 0 bridgehead atoms. The summed E-state index contributed by atoms with van der Waals surface area (Å²) in [7, 11) is 0. The molecular formula is C11H11ClO2. The minimum absolute atomic E-state index is 0.692. The number of carbonyl (C=O) groups is 1. The van der Waals surface area contributed by atoms with Crippen LogP contribution in [0.25, 0.3) is 5.57 Å². The van der Waals surface area contributed by atoms with E-state index in [1.165, 1.54) is 6.08 Å². The lowest BCUT2D eigenvalue weighted by atomic mass is 10.0. The van der Waals surface area contributed by atoms with Crippen LogP contribution < -0.4 is 0 Å². The van der Waals surface area contributed by atoms with Gasteiger partial charge in [0, 0.05) is 11.1 Å². The molecule has 2 nitrogen and oxygen atoms in total. The van der Waals surface area contributed by atoms with Crippen molar-refractivity contribution in [2.45, 2.75) is 13.8 Å². The molecule has 0 fully saturated rings. The monoisotopic (exact) mass is 210 g/mol. The van der Waals surface area contributed by atoms with E-state index in [1.54, 1.807) is 13.0 Å². The van der Waals surface area contributed by atoms with Crippen LogP contribution in [-0.2, 0) is 4.79 Å². The zero-order valence-electron chi connectivity index (χ0n) is 8.04. The predicted octanol–water partition coefficient (Wildman–Crippen LogP) is 3.14. The average molecular weight is 211 g/mol. The summed E-state index contributed by atoms with van der Waals surface area (Å²) < 4.78 is 0. The first-order valence-corrected chi connectivity index (χ1v) is 4.56. The topological polar surface area (TPSA) is 37.3 Å². The fourth-order valence-corrected chi connectivity index (χ4v) is 1.28. The largest absolute Gasteiger partial charge is 0.478 e. The number of aryl methyl sites for hydroxylation is 1. The van der Waals surface area contributed by atoms with Gasteiger partial charge < -0.3 is 5.11 Å². The van der Waals surface area contributed by atoms with Gasteiger partial charge in [-0.2, -0.15) is 0 Å². The highest BCUT2D eigenvalue weighted by Crippen LogP contribution is 2.21. The first-order valence-electron chi connectivity index (χ1n) is 4.18. The summed E-state index contributed by atoms with van der Waals surface area (Å²) in [6.07, 6.45) is 1.18. The van der Waals surface area contributed by atoms with Crippen molar-refractivity contribution in [3.05, 3.63) is 40.4 Å². The second-order valence-electron chi connectivity index (χ2n) is 3.13. The van der Waals surface area contributed by atoms with Crippen molar-refractivity contribution in [3.63, 3.8) is 0 Å². The number of hydrogen-bond acceptors (Lipinski definition) is 1. The van der Waals surface area contributed by atoms with Gasteiger partial charge in [0.2, 0.25) is 0 Å². The van der Waals surface area contributed by atoms with E-state index in [0.29, 0.717) is 5.02 Å². The predicted molar refractivity (Wildman–Crippen MR) is 57.5 cm³/mol. The highest BCUT2D eigenvalue weighted by molar-refractivity contribution is 6.31. The molecular weight excluding hydrogens is 200 g/mol. The van der Waals surface area contributed by atoms with E-state index in [-0.39, 0.29) is 0 Å². The standard InChI is InChI=1S/C11H11ClO2/c1-7(6-11(13)14)9-3-4-10(12)8(2)5-9/h3-6H,1-2H3,(H,13,14)/b7-6+. The van der Waals surface area contributed by atoms with Gasteiger partial charge in [-0.15, -0.1) is 0 Å². The zero-order valence-corrected chi connectivity index (χ0v) is 8.80. The molecule has 1 N–H and O–H groups in total. The van der Waals surface area contributed by atoms with Crippen molar-refractivity contribution >= 4 is 23.1 Å². The molecule has 0 aromatic heterocycles. The van der Waals surface area contributed by atoms with Crippen molar-refractivity contribution in [1.29, 1.82) is 0 Å². The van der Waals surface area contributed by atoms with Crippen LogP contribution in [0.15, 0.2) is 24.3 Å². The van der Waals surface area contributed by atoms with Crippen LogP contribution >= 0.6 is 11.6 Å². The summed E-state index contributed by atoms with van der Waals surface area (Å²) in [5.41, 5.74) is 2.55. The van der Waals surface area contributed by atoms with Crippen LogP contribution in [0.2, 0.25) is 5.02 Å². The summed E-state index contributed by atoms with van der Waals surface area (Å²) in [4.78, 5) is 10.4. The van der Waals surface area contributed by atoms with Crippen LogP contribution in [0, 0.1) is 6.92 Å². The molecule has 1 aromatic rings. The van der Waals surface area contributed by atoms with Gasteiger partial charge in [-0.25, -0.2) is 4.79 Å². The zero-order chi connectivity index (χ0) is 10.7. The number of carboxylic acid groups (broad SMARTS) is 1. The van der Waals surface area contributed by atoms with E-state index in [2.05, 4.69) is 0 Å². The van der Waals surface area contributed by atoms with Gasteiger partial charge in [-0.3, -0.25) is 0 Å². The Bertz CT molecular complexity index is 394. The minimum Gasteiger partial charge on any atom is -0.478 e. The van der Waals surface area contributed by atoms with Crippen molar-refractivity contribution < 1.29 is 9.90 Å². The third kappa shape index (κ3) is 2.60. The van der Waals surface area contributed by atoms with E-state index in [0.717, 1.165) is 16.7 Å². The Hall–Kier alpha value is -1.28. The van der Waals surface area contributed by atoms with E-state index in [4.69, 9.17) is 16.7 Å². The number of benzene rings is 1. The van der Waals surface area contributed by atoms with Gasteiger partial charge >= 0.3 is 5.97 Å². The quantitative estimate of drug-likeness (QED) is 0.762. The van der Waals surface area contributed by atoms with Crippen LogP contribution in [-0.4, -0.2) is 11.1 Å². The van der Waals surface area contributed by atoms with Crippen molar-refractivity contribution in [2.24, 2.45) is 0 Å². The molecule has 0 atom stereocenters. The summed E-state index contributed by atoms with van der Waals surface area (Å²) in [5.74, 6) is -0.935. The van der Waals surface area contributed by atoms with Gasteiger partial charge in [0.05, 0.1) is 0 Å². The second kappa shape index (κ2) is 4.29. The lowest BCUT2D eigenvalue weighted by Gasteiger charge is -2.03. The van der Waals surface area contributed by atoms with Gasteiger partial charge in [0.25, 0.3) is 0 Å². The molecule has 0 aliphatic carbocycles. The van der Waals surface area contributed by atoms with E-state index in [9.17, 15) is 4.79 Å². The van der Waals surface area contributed by atoms with Crippen LogP contribution in [0.3, 0.4) is 0 Å². The number of halogens is 1. The Balaban J connectivity index is 3.09. The third-order valence-electron chi connectivity index (χ3n) is 1.95. The van der Waals surface area contributed by atoms with Gasteiger partial charge in [0.15, 0.2) is 0 Å². The number of aliphatic carboxylic acids is 1. The van der Waals surface area contributed by atoms with Gasteiger partial charge in [0.1, 0.15) is 0 Å². The van der Waals surface area contributed by atoms with Crippen LogP contribution in [0.5, 0.6) is 0 Å². The summed E-state index contributed by atoms with van der Waals surface area (Å²) >= 11 is 5.86. The maximum absolute atomic E-state index is 10.4. The summed E-state index contributed by atoms with van der Waals surface area (Å²) in [6.45, 7) is 3.65. The number of hydrogen-bond donors (Lipinski definition) is 1. The molecule has 74 valence electrons. The molecule has 0 saturated carbocycles. The highest BCUT2D eigenvalue weighted by Gasteiger charge is 2.01. The molecule has 0 saturated heterocycles. The third-order valence-corrected chi connectivity index (χ3v) is 2.38. The van der Waals surface area contributed by atoms with Crippen molar-refractivity contribution in [2.75, 3.05) is 0 Å². The maximum Gasteiger partial charge on any atom is 0.328 e. The Labute approximate surface area is 87.8 Å². The van der Waals surface area contributed by atoms with Crippen molar-refractivity contribution in [1.82, 2.24) is 0 Å². The first kappa shape index (κ1) is 10.8. The molecule has 0 radical (unpaired) electrons. The molecule has 0 heterocycles. The van der Waals surface area contributed by atoms with E-state index >= 15 is 0 Å². The van der Waals surface area contributed by atoms with Crippen molar-refractivity contribution in [3.8, 4) is 0 Å². The second-order valence-corrected chi connectivity index (χ2v) is 3.54. The molecule has 0 unspecified atom stereocenters. The minimum atomic E-state index is -0.935. The molecule has 3 heteroatoms. The van der Waals surface area contributed by atoms with E-state index in [1.807, 2.05) is 19.1 Å². The van der Waals surface area contributed by atoms with Gasteiger partial charge in [-0.05, 0) is 36.6 Å². The Morgan fingerprint density at radius 3 is 2.64 bits per heavy atom. The van der Waals surface area contributed by atoms with E-state index < -0.39 is 5.97 Å². The summed E-state index contributed by atoms with van der Waals surface area (Å²) in [6, 6.07) is 5.45. The smallest absolute Gasteiger partial charge is 0.328 e. The Kier molecular flexibility index (Phi) is 3.31. The van der Waals surface area contributed by atoms with Crippen LogP contribution in [0.1, 0.15) is 18.1 Å².